The molecule has 9 heteroatoms. The van der Waals surface area contributed by atoms with Crippen LogP contribution in [0.5, 0.6) is 0 Å². The Kier molecular flexibility index (Phi) is 5.84. The molecule has 2 rings (SSSR count). The first-order chi connectivity index (χ1) is 11.2. The van der Waals surface area contributed by atoms with Crippen LogP contribution in [0.1, 0.15) is 23.7 Å². The molecule has 2 aromatic rings. The van der Waals surface area contributed by atoms with E-state index in [4.69, 9.17) is 16.3 Å². The molecule has 0 bridgehead atoms. The van der Waals surface area contributed by atoms with Gasteiger partial charge in [-0.1, -0.05) is 11.6 Å². The Morgan fingerprint density at radius 3 is 2.54 bits per heavy atom. The normalized spacial score (nSPS) is 11.3. The molecule has 0 aliphatic rings. The van der Waals surface area contributed by atoms with Gasteiger partial charge >= 0.3 is 5.97 Å². The number of thiazole rings is 1. The summed E-state index contributed by atoms with van der Waals surface area (Å²) >= 11 is 7.25. The topological polar surface area (TPSA) is 85.4 Å². The van der Waals surface area contributed by atoms with Crippen LogP contribution in [-0.4, -0.2) is 26.0 Å². The Labute approximate surface area is 149 Å². The molecule has 0 fully saturated rings. The van der Waals surface area contributed by atoms with Gasteiger partial charge in [-0.3, -0.25) is 9.52 Å². The Hall–Kier alpha value is -1.64. The van der Waals surface area contributed by atoms with Gasteiger partial charge in [-0.2, -0.15) is 0 Å². The first-order valence-electron chi connectivity index (χ1n) is 7.06. The van der Waals surface area contributed by atoms with Gasteiger partial charge in [0.05, 0.1) is 17.2 Å². The van der Waals surface area contributed by atoms with Crippen LogP contribution in [0.25, 0.3) is 0 Å². The van der Waals surface area contributed by atoms with Gasteiger partial charge in [0.1, 0.15) is 0 Å². The number of aryl methyl sites for hydroxylation is 2. The van der Waals surface area contributed by atoms with Crippen molar-refractivity contribution in [2.45, 2.75) is 32.1 Å². The molecule has 0 aliphatic heterocycles. The number of carbonyl (C=O) groups excluding carboxylic acids is 1. The third-order valence-electron chi connectivity index (χ3n) is 3.16. The molecular weight excluding hydrogens is 372 g/mol. The van der Waals surface area contributed by atoms with E-state index in [2.05, 4.69) is 9.71 Å². The van der Waals surface area contributed by atoms with Crippen LogP contribution in [0.15, 0.2) is 22.4 Å². The summed E-state index contributed by atoms with van der Waals surface area (Å²) in [5, 5.41) is 2.54. The number of ether oxygens (including phenoxy) is 1. The van der Waals surface area contributed by atoms with E-state index in [1.807, 2.05) is 0 Å². The summed E-state index contributed by atoms with van der Waals surface area (Å²) < 4.78 is 32.2. The Morgan fingerprint density at radius 2 is 1.96 bits per heavy atom. The van der Waals surface area contributed by atoms with Gasteiger partial charge < -0.3 is 4.74 Å². The molecule has 0 amide bonds. The monoisotopic (exact) mass is 388 g/mol. The van der Waals surface area contributed by atoms with Crippen molar-refractivity contribution < 1.29 is 17.9 Å². The van der Waals surface area contributed by atoms with Gasteiger partial charge in [-0.05, 0) is 37.1 Å². The first-order valence-corrected chi connectivity index (χ1v) is 9.80. The number of benzene rings is 1. The average molecular weight is 389 g/mol. The third kappa shape index (κ3) is 4.68. The Balaban J connectivity index is 2.12. The van der Waals surface area contributed by atoms with Crippen LogP contribution in [-0.2, 0) is 26.0 Å². The van der Waals surface area contributed by atoms with Crippen molar-refractivity contribution in [2.75, 3.05) is 11.3 Å². The highest BCUT2D eigenvalue weighted by Gasteiger charge is 2.18. The zero-order chi connectivity index (χ0) is 17.9. The second-order valence-corrected chi connectivity index (χ2v) is 8.13. The SMILES string of the molecule is CC(=O)OCCc1csc(NS(=O)(=O)c2cc(C)c(Cl)c(C)c2)n1. The number of nitrogens with one attached hydrogen (secondary N) is 1. The molecule has 1 aromatic carbocycles. The summed E-state index contributed by atoms with van der Waals surface area (Å²) in [5.74, 6) is -0.361. The minimum Gasteiger partial charge on any atom is -0.465 e. The maximum absolute atomic E-state index is 12.5. The molecule has 0 saturated heterocycles. The lowest BCUT2D eigenvalue weighted by Crippen LogP contribution is -2.13. The Bertz CT molecular complexity index is 839. The van der Waals surface area contributed by atoms with E-state index in [0.29, 0.717) is 28.3 Å². The number of aromatic nitrogens is 1. The number of carbonyl (C=O) groups is 1. The standard InChI is InChI=1S/C15H17ClN2O4S2/c1-9-6-13(7-10(2)14(9)16)24(20,21)18-15-17-12(8-23-15)4-5-22-11(3)19/h6-8H,4-5H2,1-3H3,(H,17,18). The number of hydrogen-bond donors (Lipinski definition) is 1. The smallest absolute Gasteiger partial charge is 0.302 e. The second kappa shape index (κ2) is 7.50. The maximum atomic E-state index is 12.5. The lowest BCUT2D eigenvalue weighted by Gasteiger charge is -2.09. The Morgan fingerprint density at radius 1 is 1.33 bits per heavy atom. The molecule has 1 aromatic heterocycles. The molecule has 0 saturated carbocycles. The molecule has 1 N–H and O–H groups in total. The maximum Gasteiger partial charge on any atom is 0.302 e. The average Bonchev–Trinajstić information content (AvgIpc) is 2.90. The molecule has 1 heterocycles. The minimum absolute atomic E-state index is 0.138. The first kappa shape index (κ1) is 18.7. The van der Waals surface area contributed by atoms with Crippen molar-refractivity contribution in [3.05, 3.63) is 39.4 Å². The largest absolute Gasteiger partial charge is 0.465 e. The fraction of sp³-hybridized carbons (Fsp3) is 0.333. The lowest BCUT2D eigenvalue weighted by molar-refractivity contribution is -0.140. The van der Waals surface area contributed by atoms with Crippen molar-refractivity contribution >= 4 is 44.1 Å². The van der Waals surface area contributed by atoms with Crippen LogP contribution in [0.2, 0.25) is 5.02 Å². The number of rotatable bonds is 6. The summed E-state index contributed by atoms with van der Waals surface area (Å²) in [7, 11) is -3.74. The summed E-state index contributed by atoms with van der Waals surface area (Å²) in [6.07, 6.45) is 0.428. The summed E-state index contributed by atoms with van der Waals surface area (Å²) in [5.41, 5.74) is 2.04. The fourth-order valence-electron chi connectivity index (χ4n) is 2.00. The van der Waals surface area contributed by atoms with Gasteiger partial charge in [-0.25, -0.2) is 13.4 Å². The molecule has 0 atom stereocenters. The third-order valence-corrected chi connectivity index (χ3v) is 6.01. The van der Waals surface area contributed by atoms with Gasteiger partial charge in [-0.15, -0.1) is 11.3 Å². The van der Waals surface area contributed by atoms with E-state index < -0.39 is 10.0 Å². The van der Waals surface area contributed by atoms with Crippen LogP contribution >= 0.6 is 22.9 Å². The van der Waals surface area contributed by atoms with E-state index >= 15 is 0 Å². The molecule has 0 radical (unpaired) electrons. The molecule has 130 valence electrons. The molecule has 6 nitrogen and oxygen atoms in total. The molecule has 0 unspecified atom stereocenters. The minimum atomic E-state index is -3.74. The summed E-state index contributed by atoms with van der Waals surface area (Å²) in [6, 6.07) is 3.04. The van der Waals surface area contributed by atoms with Gasteiger partial charge in [0.2, 0.25) is 0 Å². The van der Waals surface area contributed by atoms with E-state index in [0.717, 1.165) is 0 Å². The zero-order valence-corrected chi connectivity index (χ0v) is 15.8. The number of hydrogen-bond acceptors (Lipinski definition) is 6. The van der Waals surface area contributed by atoms with Crippen LogP contribution in [0, 0.1) is 13.8 Å². The van der Waals surface area contributed by atoms with Crippen LogP contribution < -0.4 is 4.72 Å². The second-order valence-electron chi connectivity index (χ2n) is 5.21. The van der Waals surface area contributed by atoms with E-state index in [1.165, 1.54) is 30.4 Å². The number of esters is 1. The summed E-state index contributed by atoms with van der Waals surface area (Å²) in [6.45, 7) is 5.05. The van der Waals surface area contributed by atoms with Crippen molar-refractivity contribution in [1.82, 2.24) is 4.98 Å². The highest BCUT2D eigenvalue weighted by Crippen LogP contribution is 2.26. The van der Waals surface area contributed by atoms with Crippen molar-refractivity contribution in [1.29, 1.82) is 0 Å². The van der Waals surface area contributed by atoms with Crippen LogP contribution in [0.3, 0.4) is 0 Å². The molecular formula is C15H17ClN2O4S2. The highest BCUT2D eigenvalue weighted by atomic mass is 35.5. The predicted octanol–water partition coefficient (Wildman–Crippen LogP) is 3.32. The molecule has 0 aliphatic carbocycles. The van der Waals surface area contributed by atoms with E-state index in [-0.39, 0.29) is 22.6 Å². The van der Waals surface area contributed by atoms with Crippen LogP contribution in [0.4, 0.5) is 5.13 Å². The van der Waals surface area contributed by atoms with Gasteiger partial charge in [0, 0.05) is 23.7 Å². The lowest BCUT2D eigenvalue weighted by atomic mass is 10.2. The van der Waals surface area contributed by atoms with E-state index in [9.17, 15) is 13.2 Å². The van der Waals surface area contributed by atoms with Crippen molar-refractivity contribution in [2.24, 2.45) is 0 Å². The number of anilines is 1. The number of sulfonamides is 1. The van der Waals surface area contributed by atoms with Crippen molar-refractivity contribution in [3.63, 3.8) is 0 Å². The van der Waals surface area contributed by atoms with Gasteiger partial charge in [0.25, 0.3) is 10.0 Å². The highest BCUT2D eigenvalue weighted by molar-refractivity contribution is 7.93. The molecule has 0 spiro atoms. The van der Waals surface area contributed by atoms with E-state index in [1.54, 1.807) is 19.2 Å². The fourth-order valence-corrected chi connectivity index (χ4v) is 4.28. The van der Waals surface area contributed by atoms with Gasteiger partial charge in [0.15, 0.2) is 5.13 Å². The summed E-state index contributed by atoms with van der Waals surface area (Å²) in [4.78, 5) is 15.1. The number of halogens is 1. The quantitative estimate of drug-likeness (QED) is 0.767. The van der Waals surface area contributed by atoms with Crippen molar-refractivity contribution in [3.8, 4) is 0 Å². The molecule has 24 heavy (non-hydrogen) atoms. The number of nitrogens with zero attached hydrogens (tertiary/aromatic N) is 1. The zero-order valence-electron chi connectivity index (χ0n) is 13.4. The predicted molar refractivity (Wildman–Crippen MR) is 94.2 cm³/mol.